The van der Waals surface area contributed by atoms with E-state index in [1.54, 1.807) is 0 Å². The molecule has 0 aliphatic heterocycles. The number of nitrogens with one attached hydrogen (secondary N) is 1. The second-order valence-electron chi connectivity index (χ2n) is 9.41. The number of Topliss-reactive ketones (excluding diaryl/α,β-unsaturated/α-hetero) is 1. The third-order valence-corrected chi connectivity index (χ3v) is 8.44. The van der Waals surface area contributed by atoms with E-state index in [1.165, 1.54) is 6.21 Å². The molecular formula is C20H29NO5. The fourth-order valence-electron chi connectivity index (χ4n) is 6.99. The molecule has 0 radical (unpaired) electrons. The van der Waals surface area contributed by atoms with Gasteiger partial charge in [-0.2, -0.15) is 0 Å². The molecule has 144 valence electrons. The molecule has 6 heteroatoms. The molecule has 0 heterocycles. The molecule has 26 heavy (non-hydrogen) atoms. The second-order valence-corrected chi connectivity index (χ2v) is 9.41. The number of aliphatic hydroxyl groups is 2. The average Bonchev–Trinajstić information content (AvgIpc) is 3.29. The summed E-state index contributed by atoms with van der Waals surface area (Å²) in [5.41, 5.74) is -1.45. The summed E-state index contributed by atoms with van der Waals surface area (Å²) >= 11 is 0. The van der Waals surface area contributed by atoms with Crippen LogP contribution in [0.5, 0.6) is 0 Å². The van der Waals surface area contributed by atoms with Crippen molar-refractivity contribution in [1.29, 1.82) is 5.41 Å². The van der Waals surface area contributed by atoms with Crippen LogP contribution >= 0.6 is 0 Å². The standard InChI is InChI=1S/C20H29NO5/c1-11-17(25)18(2,10-21)8-14(26-15(24)9-22)20-7-12(20)3-5-19(11)6-4-13(23)16(19)20/h10-12,14,16-17,21-22,25H,3-9H2,1-2H3/t11-,12-,14+,16+,17-,18-,19-,20-/m0/s1. The van der Waals surface area contributed by atoms with Gasteiger partial charge in [0.25, 0.3) is 0 Å². The van der Waals surface area contributed by atoms with Gasteiger partial charge >= 0.3 is 5.97 Å². The van der Waals surface area contributed by atoms with Crippen molar-refractivity contribution in [3.05, 3.63) is 0 Å². The van der Waals surface area contributed by atoms with Crippen LogP contribution in [-0.2, 0) is 14.3 Å². The minimum Gasteiger partial charge on any atom is -0.460 e. The summed E-state index contributed by atoms with van der Waals surface area (Å²) < 4.78 is 5.68. The number of carbonyl (C=O) groups is 2. The first-order valence-electron chi connectivity index (χ1n) is 9.78. The van der Waals surface area contributed by atoms with Crippen LogP contribution in [0, 0.1) is 39.4 Å². The molecule has 4 saturated carbocycles. The molecule has 0 aromatic carbocycles. The third-order valence-electron chi connectivity index (χ3n) is 8.44. The van der Waals surface area contributed by atoms with Gasteiger partial charge in [0.05, 0.1) is 6.10 Å². The molecule has 4 rings (SSSR count). The van der Waals surface area contributed by atoms with Gasteiger partial charge < -0.3 is 20.4 Å². The number of aliphatic hydroxyl groups excluding tert-OH is 2. The highest BCUT2D eigenvalue weighted by molar-refractivity contribution is 5.86. The Balaban J connectivity index is 1.85. The average molecular weight is 363 g/mol. The lowest BCUT2D eigenvalue weighted by atomic mass is 9.50. The zero-order valence-corrected chi connectivity index (χ0v) is 15.5. The molecule has 8 atom stereocenters. The highest BCUT2D eigenvalue weighted by Gasteiger charge is 2.76. The topological polar surface area (TPSA) is 108 Å². The first kappa shape index (κ1) is 18.1. The predicted molar refractivity (Wildman–Crippen MR) is 93.6 cm³/mol. The van der Waals surface area contributed by atoms with E-state index in [1.807, 2.05) is 13.8 Å². The summed E-state index contributed by atoms with van der Waals surface area (Å²) in [4.78, 5) is 24.9. The van der Waals surface area contributed by atoms with Crippen molar-refractivity contribution >= 4 is 18.0 Å². The molecule has 0 amide bonds. The zero-order valence-electron chi connectivity index (χ0n) is 15.5. The molecule has 0 aromatic rings. The Hall–Kier alpha value is -1.27. The first-order chi connectivity index (χ1) is 12.2. The molecule has 4 fully saturated rings. The largest absolute Gasteiger partial charge is 0.460 e. The first-order valence-corrected chi connectivity index (χ1v) is 9.78. The Kier molecular flexibility index (Phi) is 3.91. The molecule has 4 aliphatic carbocycles. The van der Waals surface area contributed by atoms with Gasteiger partial charge in [0.2, 0.25) is 0 Å². The number of ketones is 1. The molecular weight excluding hydrogens is 334 g/mol. The van der Waals surface area contributed by atoms with Gasteiger partial charge in [-0.1, -0.05) is 13.8 Å². The maximum Gasteiger partial charge on any atom is 0.332 e. The van der Waals surface area contributed by atoms with Crippen LogP contribution in [-0.4, -0.2) is 47.0 Å². The third kappa shape index (κ3) is 2.09. The van der Waals surface area contributed by atoms with Crippen LogP contribution in [0.4, 0.5) is 0 Å². The monoisotopic (exact) mass is 363 g/mol. The zero-order chi connectivity index (χ0) is 18.9. The quantitative estimate of drug-likeness (QED) is 0.523. The number of carbonyl (C=O) groups excluding carboxylic acids is 2. The van der Waals surface area contributed by atoms with Gasteiger partial charge in [-0.05, 0) is 49.4 Å². The van der Waals surface area contributed by atoms with Crippen molar-refractivity contribution in [2.75, 3.05) is 6.61 Å². The molecule has 1 spiro atoms. The van der Waals surface area contributed by atoms with Gasteiger partial charge in [-0.3, -0.25) is 4.79 Å². The fourth-order valence-corrected chi connectivity index (χ4v) is 6.99. The fraction of sp³-hybridized carbons (Fsp3) is 0.850. The van der Waals surface area contributed by atoms with Crippen LogP contribution in [0.15, 0.2) is 0 Å². The number of hydrogen-bond acceptors (Lipinski definition) is 6. The number of esters is 1. The van der Waals surface area contributed by atoms with Crippen molar-refractivity contribution in [3.63, 3.8) is 0 Å². The summed E-state index contributed by atoms with van der Waals surface area (Å²) in [6.45, 7) is 3.19. The summed E-state index contributed by atoms with van der Waals surface area (Å²) in [7, 11) is 0. The van der Waals surface area contributed by atoms with E-state index in [4.69, 9.17) is 10.1 Å². The van der Waals surface area contributed by atoms with E-state index in [0.717, 1.165) is 25.7 Å². The van der Waals surface area contributed by atoms with Gasteiger partial charge in [-0.25, -0.2) is 4.79 Å². The molecule has 0 aromatic heterocycles. The van der Waals surface area contributed by atoms with Crippen LogP contribution in [0.1, 0.15) is 52.4 Å². The minimum absolute atomic E-state index is 0.0848. The van der Waals surface area contributed by atoms with Crippen molar-refractivity contribution in [3.8, 4) is 0 Å². The van der Waals surface area contributed by atoms with Crippen LogP contribution in [0.25, 0.3) is 0 Å². The van der Waals surface area contributed by atoms with E-state index in [2.05, 4.69) is 0 Å². The van der Waals surface area contributed by atoms with E-state index in [-0.39, 0.29) is 28.4 Å². The van der Waals surface area contributed by atoms with E-state index in [9.17, 15) is 19.8 Å². The van der Waals surface area contributed by atoms with Gasteiger partial charge in [0.1, 0.15) is 18.5 Å². The lowest BCUT2D eigenvalue weighted by Crippen LogP contribution is -2.58. The van der Waals surface area contributed by atoms with Gasteiger partial charge in [-0.15, -0.1) is 0 Å². The van der Waals surface area contributed by atoms with Crippen molar-refractivity contribution in [2.45, 2.75) is 64.6 Å². The van der Waals surface area contributed by atoms with Crippen LogP contribution in [0.3, 0.4) is 0 Å². The Morgan fingerprint density at radius 3 is 2.77 bits per heavy atom. The molecule has 2 bridgehead atoms. The highest BCUT2D eigenvalue weighted by Crippen LogP contribution is 2.77. The number of ether oxygens (including phenoxy) is 1. The normalized spacial score (nSPS) is 52.3. The minimum atomic E-state index is -0.819. The Labute approximate surface area is 153 Å². The van der Waals surface area contributed by atoms with Gasteiger partial charge in [0, 0.05) is 29.4 Å². The second kappa shape index (κ2) is 5.61. The summed E-state index contributed by atoms with van der Waals surface area (Å²) in [6, 6.07) is 0. The van der Waals surface area contributed by atoms with E-state index < -0.39 is 30.2 Å². The molecule has 4 aliphatic rings. The van der Waals surface area contributed by atoms with E-state index >= 15 is 0 Å². The number of hydrogen-bond donors (Lipinski definition) is 3. The summed E-state index contributed by atoms with van der Waals surface area (Å²) in [5, 5.41) is 28.4. The summed E-state index contributed by atoms with van der Waals surface area (Å²) in [6.07, 6.45) is 4.39. The lowest BCUT2D eigenvalue weighted by molar-refractivity contribution is -0.179. The maximum absolute atomic E-state index is 13.0. The lowest BCUT2D eigenvalue weighted by Gasteiger charge is -2.55. The van der Waals surface area contributed by atoms with Gasteiger partial charge in [0.15, 0.2) is 0 Å². The summed E-state index contributed by atoms with van der Waals surface area (Å²) in [5.74, 6) is -0.345. The van der Waals surface area contributed by atoms with Crippen LogP contribution < -0.4 is 0 Å². The molecule has 0 saturated heterocycles. The van der Waals surface area contributed by atoms with Crippen molar-refractivity contribution < 1.29 is 24.5 Å². The molecule has 3 N–H and O–H groups in total. The maximum atomic E-state index is 13.0. The highest BCUT2D eigenvalue weighted by atomic mass is 16.6. The number of rotatable bonds is 3. The molecule has 6 nitrogen and oxygen atoms in total. The molecule has 0 unspecified atom stereocenters. The Morgan fingerprint density at radius 1 is 1.38 bits per heavy atom. The predicted octanol–water partition coefficient (Wildman–Crippen LogP) is 1.71. The smallest absolute Gasteiger partial charge is 0.332 e. The SMILES string of the molecule is C[C@H]1[C@H](O)[C@](C)(C=N)C[C@@H](OC(=O)CO)[C@]23C[C@@H]2CC[C@]12CCC(=O)[C@H]23. The van der Waals surface area contributed by atoms with E-state index in [0.29, 0.717) is 18.8 Å². The van der Waals surface area contributed by atoms with Crippen molar-refractivity contribution in [1.82, 2.24) is 0 Å². The van der Waals surface area contributed by atoms with Crippen molar-refractivity contribution in [2.24, 2.45) is 34.0 Å². The Bertz CT molecular complexity index is 665. The Morgan fingerprint density at radius 2 is 2.12 bits per heavy atom. The van der Waals surface area contributed by atoms with Crippen LogP contribution in [0.2, 0.25) is 0 Å².